The number of carbonyl (C=O) groups excluding carboxylic acids is 1. The predicted molar refractivity (Wildman–Crippen MR) is 74.2 cm³/mol. The molecule has 5 heteroatoms. The number of ether oxygens (including phenoxy) is 1. The summed E-state index contributed by atoms with van der Waals surface area (Å²) in [4.78, 5) is 25.9. The van der Waals surface area contributed by atoms with Crippen LogP contribution in [0.5, 0.6) is 0 Å². The average Bonchev–Trinajstić information content (AvgIpc) is 2.61. The zero-order chi connectivity index (χ0) is 15.0. The fourth-order valence-corrected chi connectivity index (χ4v) is 3.70. The second-order valence-electron chi connectivity index (χ2n) is 6.37. The van der Waals surface area contributed by atoms with Gasteiger partial charge in [-0.25, -0.2) is 4.79 Å². The molecule has 2 aliphatic heterocycles. The van der Waals surface area contributed by atoms with Crippen LogP contribution in [0.2, 0.25) is 0 Å². The Morgan fingerprint density at radius 2 is 1.80 bits per heavy atom. The third kappa shape index (κ3) is 2.55. The fourth-order valence-electron chi connectivity index (χ4n) is 3.70. The van der Waals surface area contributed by atoms with E-state index in [9.17, 15) is 14.7 Å². The number of amides is 1. The molecule has 0 aromatic rings. The number of rotatable bonds is 2. The number of hydrogen-bond donors (Lipinski definition) is 1. The highest BCUT2D eigenvalue weighted by Crippen LogP contribution is 2.35. The van der Waals surface area contributed by atoms with Gasteiger partial charge in [-0.1, -0.05) is 13.8 Å². The van der Waals surface area contributed by atoms with E-state index in [0.717, 1.165) is 12.8 Å². The zero-order valence-corrected chi connectivity index (χ0v) is 12.7. The van der Waals surface area contributed by atoms with Crippen molar-refractivity contribution < 1.29 is 19.4 Å². The van der Waals surface area contributed by atoms with Gasteiger partial charge in [0.15, 0.2) is 0 Å². The topological polar surface area (TPSA) is 66.8 Å². The third-order valence-electron chi connectivity index (χ3n) is 5.00. The molecule has 6 atom stereocenters. The molecule has 2 aliphatic rings. The van der Waals surface area contributed by atoms with E-state index in [1.165, 1.54) is 0 Å². The molecule has 2 fully saturated rings. The lowest BCUT2D eigenvalue weighted by molar-refractivity contribution is -0.157. The maximum absolute atomic E-state index is 12.8. The number of carboxylic acid groups (broad SMARTS) is 1. The number of carbonyl (C=O) groups is 2. The van der Waals surface area contributed by atoms with Crippen LogP contribution in [-0.4, -0.2) is 46.7 Å². The molecular weight excluding hydrogens is 258 g/mol. The highest BCUT2D eigenvalue weighted by Gasteiger charge is 2.47. The maximum atomic E-state index is 12.8. The van der Waals surface area contributed by atoms with Crippen LogP contribution >= 0.6 is 0 Å². The van der Waals surface area contributed by atoms with Crippen molar-refractivity contribution in [2.75, 3.05) is 6.54 Å². The summed E-state index contributed by atoms with van der Waals surface area (Å²) in [5.74, 6) is -1.02. The molecule has 2 rings (SSSR count). The van der Waals surface area contributed by atoms with Gasteiger partial charge in [-0.15, -0.1) is 0 Å². The number of piperidine rings is 1. The van der Waals surface area contributed by atoms with Crippen LogP contribution in [-0.2, 0) is 14.3 Å². The van der Waals surface area contributed by atoms with Gasteiger partial charge in [0.05, 0.1) is 18.1 Å². The van der Waals surface area contributed by atoms with Crippen LogP contribution in [0.4, 0.5) is 0 Å². The van der Waals surface area contributed by atoms with Crippen molar-refractivity contribution in [3.8, 4) is 0 Å². The first-order valence-corrected chi connectivity index (χ1v) is 7.53. The summed E-state index contributed by atoms with van der Waals surface area (Å²) >= 11 is 0. The summed E-state index contributed by atoms with van der Waals surface area (Å²) in [6.45, 7) is 8.36. The van der Waals surface area contributed by atoms with Crippen LogP contribution < -0.4 is 0 Å². The molecule has 0 radical (unpaired) electrons. The first-order valence-electron chi connectivity index (χ1n) is 7.53. The van der Waals surface area contributed by atoms with E-state index >= 15 is 0 Å². The number of aliphatic carboxylic acids is 1. The van der Waals surface area contributed by atoms with Crippen molar-refractivity contribution in [1.82, 2.24) is 4.90 Å². The molecule has 0 aliphatic carbocycles. The van der Waals surface area contributed by atoms with E-state index in [2.05, 4.69) is 0 Å². The van der Waals surface area contributed by atoms with E-state index < -0.39 is 12.0 Å². The largest absolute Gasteiger partial charge is 0.480 e. The molecule has 1 N–H and O–H groups in total. The summed E-state index contributed by atoms with van der Waals surface area (Å²) in [5, 5.41) is 9.43. The highest BCUT2D eigenvalue weighted by molar-refractivity contribution is 5.86. The molecule has 20 heavy (non-hydrogen) atoms. The van der Waals surface area contributed by atoms with Gasteiger partial charge in [-0.05, 0) is 38.5 Å². The van der Waals surface area contributed by atoms with Gasteiger partial charge in [-0.2, -0.15) is 0 Å². The predicted octanol–water partition coefficient (Wildman–Crippen LogP) is 1.76. The van der Waals surface area contributed by atoms with Crippen LogP contribution in [0.1, 0.15) is 40.5 Å². The van der Waals surface area contributed by atoms with Gasteiger partial charge in [0.1, 0.15) is 6.04 Å². The molecule has 0 aromatic carbocycles. The summed E-state index contributed by atoms with van der Waals surface area (Å²) in [5.41, 5.74) is 0. The molecule has 5 nitrogen and oxygen atoms in total. The maximum Gasteiger partial charge on any atom is 0.326 e. The lowest BCUT2D eigenvalue weighted by atomic mass is 9.85. The summed E-state index contributed by atoms with van der Waals surface area (Å²) in [6.07, 6.45) is 1.65. The van der Waals surface area contributed by atoms with Gasteiger partial charge in [0.2, 0.25) is 5.91 Å². The third-order valence-corrected chi connectivity index (χ3v) is 5.00. The van der Waals surface area contributed by atoms with E-state index in [1.807, 2.05) is 27.7 Å². The van der Waals surface area contributed by atoms with Crippen LogP contribution in [0.25, 0.3) is 0 Å². The van der Waals surface area contributed by atoms with Crippen molar-refractivity contribution in [1.29, 1.82) is 0 Å². The SMILES string of the molecule is CC1CCCN(C(=O)C2C(C)OC(C)C2C)C1C(=O)O. The van der Waals surface area contributed by atoms with Gasteiger partial charge >= 0.3 is 5.97 Å². The van der Waals surface area contributed by atoms with Crippen LogP contribution in [0.15, 0.2) is 0 Å². The molecule has 0 saturated carbocycles. The normalized spacial score (nSPS) is 41.7. The lowest BCUT2D eigenvalue weighted by Crippen LogP contribution is -2.55. The summed E-state index contributed by atoms with van der Waals surface area (Å²) in [6, 6.07) is -0.688. The molecule has 0 spiro atoms. The van der Waals surface area contributed by atoms with E-state index in [1.54, 1.807) is 4.90 Å². The minimum Gasteiger partial charge on any atom is -0.480 e. The van der Waals surface area contributed by atoms with Crippen LogP contribution in [0.3, 0.4) is 0 Å². The minimum atomic E-state index is -0.891. The van der Waals surface area contributed by atoms with E-state index in [0.29, 0.717) is 6.54 Å². The quantitative estimate of drug-likeness (QED) is 0.838. The Balaban J connectivity index is 2.20. The fraction of sp³-hybridized carbons (Fsp3) is 0.867. The Bertz CT molecular complexity index is 397. The minimum absolute atomic E-state index is 0.00978. The number of hydrogen-bond acceptors (Lipinski definition) is 3. The highest BCUT2D eigenvalue weighted by atomic mass is 16.5. The first kappa shape index (κ1) is 15.3. The van der Waals surface area contributed by atoms with Crippen molar-refractivity contribution in [2.45, 2.75) is 58.8 Å². The van der Waals surface area contributed by atoms with E-state index in [4.69, 9.17) is 4.74 Å². The number of nitrogens with zero attached hydrogens (tertiary/aromatic N) is 1. The molecule has 2 saturated heterocycles. The molecule has 0 bridgehead atoms. The molecule has 0 aromatic heterocycles. The molecule has 6 unspecified atom stereocenters. The molecule has 114 valence electrons. The Morgan fingerprint density at radius 1 is 1.15 bits per heavy atom. The number of likely N-dealkylation sites (tertiary alicyclic amines) is 1. The van der Waals surface area contributed by atoms with Crippen molar-refractivity contribution in [3.63, 3.8) is 0 Å². The van der Waals surface area contributed by atoms with Gasteiger partial charge in [0.25, 0.3) is 0 Å². The van der Waals surface area contributed by atoms with Gasteiger partial charge in [0, 0.05) is 6.54 Å². The van der Waals surface area contributed by atoms with Crippen molar-refractivity contribution >= 4 is 11.9 Å². The Kier molecular flexibility index (Phi) is 4.37. The molecule has 2 heterocycles. The van der Waals surface area contributed by atoms with Crippen molar-refractivity contribution in [2.24, 2.45) is 17.8 Å². The average molecular weight is 283 g/mol. The zero-order valence-electron chi connectivity index (χ0n) is 12.7. The number of carboxylic acids is 1. The van der Waals surface area contributed by atoms with Gasteiger partial charge in [-0.3, -0.25) is 4.79 Å². The molecular formula is C15H25NO4. The standard InChI is InChI=1S/C15H25NO4/c1-8-6-5-7-16(13(8)15(18)19)14(17)12-9(2)10(3)20-11(12)4/h8-13H,5-7H2,1-4H3,(H,18,19). The summed E-state index contributed by atoms with van der Waals surface area (Å²) in [7, 11) is 0. The first-order chi connectivity index (χ1) is 9.34. The Morgan fingerprint density at radius 3 is 2.30 bits per heavy atom. The Hall–Kier alpha value is -1.10. The Labute approximate surface area is 120 Å². The lowest BCUT2D eigenvalue weighted by Gasteiger charge is -2.39. The second kappa shape index (κ2) is 5.72. The molecule has 1 amide bonds. The second-order valence-corrected chi connectivity index (χ2v) is 6.37. The van der Waals surface area contributed by atoms with Gasteiger partial charge < -0.3 is 14.7 Å². The summed E-state index contributed by atoms with van der Waals surface area (Å²) < 4.78 is 5.73. The van der Waals surface area contributed by atoms with E-state index in [-0.39, 0.29) is 35.9 Å². The monoisotopic (exact) mass is 283 g/mol. The smallest absolute Gasteiger partial charge is 0.326 e. The van der Waals surface area contributed by atoms with Crippen LogP contribution in [0, 0.1) is 17.8 Å². The van der Waals surface area contributed by atoms with Crippen molar-refractivity contribution in [3.05, 3.63) is 0 Å².